The third-order valence-corrected chi connectivity index (χ3v) is 4.83. The maximum Gasteiger partial charge on any atom is 0.0954 e. The fourth-order valence-electron chi connectivity index (χ4n) is 2.64. The fourth-order valence-corrected chi connectivity index (χ4v) is 3.47. The highest BCUT2D eigenvalue weighted by Crippen LogP contribution is 2.23. The number of thiazole rings is 1. The van der Waals surface area contributed by atoms with Gasteiger partial charge >= 0.3 is 0 Å². The van der Waals surface area contributed by atoms with Gasteiger partial charge in [0, 0.05) is 24.0 Å². The first-order chi connectivity index (χ1) is 10.2. The van der Waals surface area contributed by atoms with Gasteiger partial charge < -0.3 is 9.88 Å². The minimum atomic E-state index is 0.505. The summed E-state index contributed by atoms with van der Waals surface area (Å²) in [6.07, 6.45) is 2.16. The van der Waals surface area contributed by atoms with Crippen molar-refractivity contribution in [2.24, 2.45) is 0 Å². The molecule has 110 valence electrons. The van der Waals surface area contributed by atoms with Crippen LogP contribution in [0.5, 0.6) is 0 Å². The largest absolute Gasteiger partial charge is 0.341 e. The Balaban J connectivity index is 1.96. The first-order valence-electron chi connectivity index (χ1n) is 7.34. The summed E-state index contributed by atoms with van der Waals surface area (Å²) in [6.45, 7) is 6.11. The maximum atomic E-state index is 4.75. The van der Waals surface area contributed by atoms with Gasteiger partial charge in [-0.2, -0.15) is 0 Å². The highest BCUT2D eigenvalue weighted by molar-refractivity contribution is 7.09. The van der Waals surface area contributed by atoms with E-state index in [4.69, 9.17) is 4.98 Å². The first kappa shape index (κ1) is 14.3. The van der Waals surface area contributed by atoms with E-state index in [1.54, 1.807) is 11.3 Å². The number of hydrogen-bond acceptors (Lipinski definition) is 3. The normalized spacial score (nSPS) is 11.6. The van der Waals surface area contributed by atoms with Crippen LogP contribution >= 0.6 is 11.3 Å². The van der Waals surface area contributed by atoms with Crippen LogP contribution in [0.4, 0.5) is 0 Å². The second-order valence-electron chi connectivity index (χ2n) is 5.66. The van der Waals surface area contributed by atoms with Crippen LogP contribution < -0.4 is 5.32 Å². The molecule has 0 radical (unpaired) electrons. The van der Waals surface area contributed by atoms with E-state index in [-0.39, 0.29) is 0 Å². The van der Waals surface area contributed by atoms with Gasteiger partial charge in [-0.25, -0.2) is 4.98 Å². The van der Waals surface area contributed by atoms with E-state index in [0.29, 0.717) is 5.92 Å². The van der Waals surface area contributed by atoms with E-state index in [1.807, 2.05) is 7.05 Å². The number of para-hydroxylation sites is 1. The van der Waals surface area contributed by atoms with Gasteiger partial charge in [0.15, 0.2) is 0 Å². The second kappa shape index (κ2) is 6.00. The van der Waals surface area contributed by atoms with Crippen molar-refractivity contribution in [2.75, 3.05) is 7.05 Å². The Morgan fingerprint density at radius 1 is 1.29 bits per heavy atom. The molecule has 1 N–H and O–H groups in total. The summed E-state index contributed by atoms with van der Waals surface area (Å²) in [5.74, 6) is 0.505. The van der Waals surface area contributed by atoms with E-state index in [2.05, 4.69) is 59.6 Å². The number of nitrogens with zero attached hydrogens (tertiary/aromatic N) is 2. The van der Waals surface area contributed by atoms with Crippen LogP contribution in [-0.4, -0.2) is 16.6 Å². The summed E-state index contributed by atoms with van der Waals surface area (Å²) >= 11 is 1.76. The topological polar surface area (TPSA) is 29.9 Å². The van der Waals surface area contributed by atoms with Gasteiger partial charge in [-0.1, -0.05) is 32.0 Å². The van der Waals surface area contributed by atoms with Crippen molar-refractivity contribution >= 4 is 22.2 Å². The first-order valence-corrected chi connectivity index (χ1v) is 8.22. The molecule has 21 heavy (non-hydrogen) atoms. The molecular weight excluding hydrogens is 278 g/mol. The van der Waals surface area contributed by atoms with E-state index in [9.17, 15) is 0 Å². The van der Waals surface area contributed by atoms with Gasteiger partial charge in [0.1, 0.15) is 0 Å². The fraction of sp³-hybridized carbons (Fsp3) is 0.353. The summed E-state index contributed by atoms with van der Waals surface area (Å²) in [6, 6.07) is 8.67. The van der Waals surface area contributed by atoms with E-state index >= 15 is 0 Å². The minimum absolute atomic E-state index is 0.505. The number of hydrogen-bond donors (Lipinski definition) is 1. The van der Waals surface area contributed by atoms with Crippen LogP contribution in [0.25, 0.3) is 10.9 Å². The predicted octanol–water partition coefficient (Wildman–Crippen LogP) is 3.99. The molecule has 1 aromatic carbocycles. The van der Waals surface area contributed by atoms with Gasteiger partial charge in [-0.3, -0.25) is 0 Å². The molecule has 0 saturated carbocycles. The molecule has 0 aliphatic carbocycles. The molecule has 3 nitrogen and oxygen atoms in total. The summed E-state index contributed by atoms with van der Waals surface area (Å²) in [5.41, 5.74) is 3.80. The quantitative estimate of drug-likeness (QED) is 0.772. The molecule has 0 saturated heterocycles. The average molecular weight is 299 g/mol. The van der Waals surface area contributed by atoms with Crippen molar-refractivity contribution in [3.63, 3.8) is 0 Å². The molecule has 0 bridgehead atoms. The molecule has 3 aromatic rings. The molecule has 0 aliphatic heterocycles. The third kappa shape index (κ3) is 2.87. The highest BCUT2D eigenvalue weighted by Gasteiger charge is 2.10. The van der Waals surface area contributed by atoms with E-state index in [0.717, 1.165) is 18.8 Å². The Labute approximate surface area is 129 Å². The van der Waals surface area contributed by atoms with Crippen LogP contribution in [0, 0.1) is 0 Å². The summed E-state index contributed by atoms with van der Waals surface area (Å²) < 4.78 is 2.31. The van der Waals surface area contributed by atoms with Gasteiger partial charge in [-0.15, -0.1) is 11.3 Å². The van der Waals surface area contributed by atoms with Crippen LogP contribution in [0.2, 0.25) is 0 Å². The lowest BCUT2D eigenvalue weighted by Crippen LogP contribution is -2.08. The molecule has 0 amide bonds. The Hall–Kier alpha value is -1.65. The SMILES string of the molecule is CNCc1cccc2ccn(Cc3csc(C(C)C)n3)c12. The summed E-state index contributed by atoms with van der Waals surface area (Å²) in [5, 5.41) is 7.94. The van der Waals surface area contributed by atoms with Crippen LogP contribution in [-0.2, 0) is 13.1 Å². The van der Waals surface area contributed by atoms with Crippen molar-refractivity contribution in [3.8, 4) is 0 Å². The molecule has 3 rings (SSSR count). The van der Waals surface area contributed by atoms with Gasteiger partial charge in [0.2, 0.25) is 0 Å². The number of nitrogens with one attached hydrogen (secondary N) is 1. The zero-order valence-electron chi connectivity index (χ0n) is 12.8. The van der Waals surface area contributed by atoms with Crippen molar-refractivity contribution < 1.29 is 0 Å². The van der Waals surface area contributed by atoms with Gasteiger partial charge in [0.05, 0.1) is 22.8 Å². The summed E-state index contributed by atoms with van der Waals surface area (Å²) in [4.78, 5) is 4.75. The zero-order chi connectivity index (χ0) is 14.8. The Morgan fingerprint density at radius 2 is 2.14 bits per heavy atom. The van der Waals surface area contributed by atoms with Gasteiger partial charge in [0.25, 0.3) is 0 Å². The predicted molar refractivity (Wildman–Crippen MR) is 90.0 cm³/mol. The minimum Gasteiger partial charge on any atom is -0.341 e. The second-order valence-corrected chi connectivity index (χ2v) is 6.55. The Bertz CT molecular complexity index is 739. The monoisotopic (exact) mass is 299 g/mol. The van der Waals surface area contributed by atoms with Crippen molar-refractivity contribution in [2.45, 2.75) is 32.9 Å². The van der Waals surface area contributed by atoms with Crippen LogP contribution in [0.15, 0.2) is 35.8 Å². The lowest BCUT2D eigenvalue weighted by Gasteiger charge is -2.08. The molecule has 2 aromatic heterocycles. The average Bonchev–Trinajstić information content (AvgIpc) is 3.08. The number of rotatable bonds is 5. The van der Waals surface area contributed by atoms with E-state index in [1.165, 1.54) is 21.5 Å². The number of aromatic nitrogens is 2. The lowest BCUT2D eigenvalue weighted by atomic mass is 10.1. The molecular formula is C17H21N3S. The smallest absolute Gasteiger partial charge is 0.0954 e. The van der Waals surface area contributed by atoms with Crippen LogP contribution in [0.3, 0.4) is 0 Å². The van der Waals surface area contributed by atoms with E-state index < -0.39 is 0 Å². The molecule has 2 heterocycles. The van der Waals surface area contributed by atoms with Crippen molar-refractivity contribution in [1.29, 1.82) is 0 Å². The molecule has 0 fully saturated rings. The summed E-state index contributed by atoms with van der Waals surface area (Å²) in [7, 11) is 1.99. The lowest BCUT2D eigenvalue weighted by molar-refractivity contribution is 0.774. The molecule has 0 aliphatic rings. The molecule has 4 heteroatoms. The molecule has 0 atom stereocenters. The zero-order valence-corrected chi connectivity index (χ0v) is 13.6. The number of benzene rings is 1. The van der Waals surface area contributed by atoms with Crippen molar-refractivity contribution in [3.05, 3.63) is 52.1 Å². The Morgan fingerprint density at radius 3 is 2.86 bits per heavy atom. The third-order valence-electron chi connectivity index (χ3n) is 3.64. The Kier molecular flexibility index (Phi) is 4.08. The highest BCUT2D eigenvalue weighted by atomic mass is 32.1. The maximum absolute atomic E-state index is 4.75. The number of fused-ring (bicyclic) bond motifs is 1. The van der Waals surface area contributed by atoms with Crippen LogP contribution in [0.1, 0.15) is 36.0 Å². The molecule has 0 spiro atoms. The van der Waals surface area contributed by atoms with Crippen molar-refractivity contribution in [1.82, 2.24) is 14.9 Å². The standard InChI is InChI=1S/C17H21N3S/c1-12(2)17-19-15(11-21-17)10-20-8-7-13-5-4-6-14(9-18-3)16(13)20/h4-8,11-12,18H,9-10H2,1-3H3. The molecule has 0 unspecified atom stereocenters. The van der Waals surface area contributed by atoms with Gasteiger partial charge in [-0.05, 0) is 24.1 Å².